The predicted molar refractivity (Wildman–Crippen MR) is 157 cm³/mol. The van der Waals surface area contributed by atoms with Crippen LogP contribution in [0.25, 0.3) is 0 Å². The average Bonchev–Trinajstić information content (AvgIpc) is 3.40. The zero-order valence-corrected chi connectivity index (χ0v) is 23.8. The number of urea groups is 1. The predicted octanol–water partition coefficient (Wildman–Crippen LogP) is 8.20. The van der Waals surface area contributed by atoms with Crippen molar-refractivity contribution >= 4 is 23.3 Å². The molecule has 5 nitrogen and oxygen atoms in total. The van der Waals surface area contributed by atoms with Crippen LogP contribution in [0.1, 0.15) is 81.9 Å². The fourth-order valence-corrected chi connectivity index (χ4v) is 5.78. The molecule has 1 fully saturated rings. The molecule has 2 N–H and O–H groups in total. The van der Waals surface area contributed by atoms with Crippen molar-refractivity contribution in [2.45, 2.75) is 70.6 Å². The molecule has 0 heterocycles. The van der Waals surface area contributed by atoms with Gasteiger partial charge in [0.15, 0.2) is 0 Å². The SMILES string of the molecule is CC(C)c1cccc(C(C)C)c1NC(=O)CN(CC1(c2ccccc2)CCCC1)C(=O)Nc1ccc(F)cc1F. The van der Waals surface area contributed by atoms with Gasteiger partial charge in [-0.15, -0.1) is 0 Å². The highest BCUT2D eigenvalue weighted by atomic mass is 19.1. The summed E-state index contributed by atoms with van der Waals surface area (Å²) < 4.78 is 28.0. The molecular formula is C33H39F2N3O2. The number of nitrogens with one attached hydrogen (secondary N) is 2. The molecule has 3 aromatic rings. The molecule has 0 unspecified atom stereocenters. The molecule has 7 heteroatoms. The molecule has 1 aliphatic rings. The number of carbonyl (C=O) groups excluding carboxylic acids is 2. The minimum atomic E-state index is -0.871. The molecule has 3 aromatic carbocycles. The van der Waals surface area contributed by atoms with Crippen LogP contribution in [-0.4, -0.2) is 29.9 Å². The number of rotatable bonds is 9. The fraction of sp³-hybridized carbons (Fsp3) is 0.394. The Labute approximate surface area is 236 Å². The summed E-state index contributed by atoms with van der Waals surface area (Å²) in [6.45, 7) is 8.40. The van der Waals surface area contributed by atoms with Crippen molar-refractivity contribution in [2.24, 2.45) is 0 Å². The first-order valence-electron chi connectivity index (χ1n) is 14.1. The quantitative estimate of drug-likeness (QED) is 0.284. The lowest BCUT2D eigenvalue weighted by Crippen LogP contribution is -2.47. The van der Waals surface area contributed by atoms with Gasteiger partial charge in [-0.25, -0.2) is 13.6 Å². The van der Waals surface area contributed by atoms with E-state index in [4.69, 9.17) is 0 Å². The van der Waals surface area contributed by atoms with E-state index in [9.17, 15) is 18.4 Å². The van der Waals surface area contributed by atoms with Crippen LogP contribution in [0.15, 0.2) is 66.7 Å². The van der Waals surface area contributed by atoms with Crippen LogP contribution in [0, 0.1) is 11.6 Å². The van der Waals surface area contributed by atoms with Crippen LogP contribution in [0.5, 0.6) is 0 Å². The molecule has 0 aliphatic heterocycles. The molecule has 1 aliphatic carbocycles. The van der Waals surface area contributed by atoms with Crippen LogP contribution in [0.2, 0.25) is 0 Å². The minimum Gasteiger partial charge on any atom is -0.324 e. The fourth-order valence-electron chi connectivity index (χ4n) is 5.78. The second kappa shape index (κ2) is 12.6. The van der Waals surface area contributed by atoms with Gasteiger partial charge in [-0.1, -0.05) is 89.1 Å². The first-order chi connectivity index (χ1) is 19.1. The van der Waals surface area contributed by atoms with Crippen LogP contribution in [0.4, 0.5) is 25.0 Å². The lowest BCUT2D eigenvalue weighted by Gasteiger charge is -2.36. The molecule has 0 aromatic heterocycles. The normalized spacial score (nSPS) is 14.4. The number of para-hydroxylation sites is 1. The Morgan fingerprint density at radius 2 is 1.48 bits per heavy atom. The maximum atomic E-state index is 14.5. The smallest absolute Gasteiger partial charge is 0.322 e. The highest BCUT2D eigenvalue weighted by Gasteiger charge is 2.39. The third kappa shape index (κ3) is 6.69. The number of benzene rings is 3. The Kier molecular flexibility index (Phi) is 9.23. The zero-order valence-electron chi connectivity index (χ0n) is 23.8. The van der Waals surface area contributed by atoms with Gasteiger partial charge in [-0.3, -0.25) is 4.79 Å². The third-order valence-electron chi connectivity index (χ3n) is 7.87. The highest BCUT2D eigenvalue weighted by molar-refractivity contribution is 5.98. The zero-order chi connectivity index (χ0) is 28.9. The number of nitrogens with zero attached hydrogens (tertiary/aromatic N) is 1. The van der Waals surface area contributed by atoms with Crippen LogP contribution >= 0.6 is 0 Å². The summed E-state index contributed by atoms with van der Waals surface area (Å²) >= 11 is 0. The number of halogens is 2. The Hall–Kier alpha value is -3.74. The molecule has 1 saturated carbocycles. The molecule has 212 valence electrons. The topological polar surface area (TPSA) is 61.4 Å². The maximum Gasteiger partial charge on any atom is 0.322 e. The van der Waals surface area contributed by atoms with E-state index in [0.717, 1.165) is 60.2 Å². The van der Waals surface area contributed by atoms with E-state index in [1.165, 1.54) is 11.0 Å². The lowest BCUT2D eigenvalue weighted by molar-refractivity contribution is -0.116. The molecule has 0 atom stereocenters. The molecule has 0 saturated heterocycles. The van der Waals surface area contributed by atoms with Crippen LogP contribution in [0.3, 0.4) is 0 Å². The average molecular weight is 548 g/mol. The number of amides is 3. The Morgan fingerprint density at radius 1 is 0.850 bits per heavy atom. The van der Waals surface area contributed by atoms with Gasteiger partial charge in [-0.2, -0.15) is 0 Å². The second-order valence-electron chi connectivity index (χ2n) is 11.4. The van der Waals surface area contributed by atoms with Gasteiger partial charge in [0.1, 0.15) is 18.2 Å². The van der Waals surface area contributed by atoms with Crippen molar-refractivity contribution < 1.29 is 18.4 Å². The van der Waals surface area contributed by atoms with Gasteiger partial charge in [0.2, 0.25) is 5.91 Å². The first-order valence-corrected chi connectivity index (χ1v) is 14.1. The second-order valence-corrected chi connectivity index (χ2v) is 11.4. The largest absolute Gasteiger partial charge is 0.324 e. The first kappa shape index (κ1) is 29.2. The molecule has 3 amide bonds. The third-order valence-corrected chi connectivity index (χ3v) is 7.87. The molecule has 0 radical (unpaired) electrons. The van der Waals surface area contributed by atoms with Gasteiger partial charge in [0.05, 0.1) is 5.69 Å². The van der Waals surface area contributed by atoms with Crippen molar-refractivity contribution in [2.75, 3.05) is 23.7 Å². The monoisotopic (exact) mass is 547 g/mol. The van der Waals surface area contributed by atoms with E-state index in [2.05, 4.69) is 50.5 Å². The number of hydrogen-bond acceptors (Lipinski definition) is 2. The summed E-state index contributed by atoms with van der Waals surface area (Å²) in [5, 5.41) is 5.68. The van der Waals surface area contributed by atoms with Gasteiger partial charge >= 0.3 is 6.03 Å². The number of anilines is 2. The van der Waals surface area contributed by atoms with E-state index in [1.807, 2.05) is 36.4 Å². The molecule has 4 rings (SSSR count). The van der Waals surface area contributed by atoms with E-state index in [1.54, 1.807) is 0 Å². The Morgan fingerprint density at radius 3 is 2.05 bits per heavy atom. The van der Waals surface area contributed by atoms with Crippen molar-refractivity contribution in [3.05, 3.63) is 95.1 Å². The highest BCUT2D eigenvalue weighted by Crippen LogP contribution is 2.42. The van der Waals surface area contributed by atoms with E-state index in [0.29, 0.717) is 6.54 Å². The summed E-state index contributed by atoms with van der Waals surface area (Å²) in [5.41, 5.74) is 3.50. The van der Waals surface area contributed by atoms with Gasteiger partial charge < -0.3 is 15.5 Å². The standard InChI is InChI=1S/C33H39F2N3O2/c1-22(2)26-13-10-14-27(23(3)4)31(26)37-30(39)20-38(32(40)36-29-16-15-25(34)19-28(29)35)21-33(17-8-9-18-33)24-11-6-5-7-12-24/h5-7,10-16,19,22-23H,8-9,17-18,20-21H2,1-4H3,(H,36,40)(H,37,39). The summed E-state index contributed by atoms with van der Waals surface area (Å²) in [4.78, 5) is 28.7. The van der Waals surface area contributed by atoms with Crippen molar-refractivity contribution in [3.63, 3.8) is 0 Å². The van der Waals surface area contributed by atoms with Gasteiger partial charge in [-0.05, 0) is 53.5 Å². The minimum absolute atomic E-state index is 0.135. The summed E-state index contributed by atoms with van der Waals surface area (Å²) in [6.07, 6.45) is 3.79. The lowest BCUT2D eigenvalue weighted by atomic mass is 9.78. The van der Waals surface area contributed by atoms with E-state index in [-0.39, 0.29) is 35.4 Å². The number of hydrogen-bond donors (Lipinski definition) is 2. The van der Waals surface area contributed by atoms with Crippen molar-refractivity contribution in [3.8, 4) is 0 Å². The molecule has 40 heavy (non-hydrogen) atoms. The van der Waals surface area contributed by atoms with Gasteiger partial charge in [0, 0.05) is 23.7 Å². The maximum absolute atomic E-state index is 14.5. The van der Waals surface area contributed by atoms with Crippen molar-refractivity contribution in [1.29, 1.82) is 0 Å². The summed E-state index contributed by atoms with van der Waals surface area (Å²) in [5.74, 6) is -1.55. The van der Waals surface area contributed by atoms with Crippen LogP contribution in [-0.2, 0) is 10.2 Å². The molecule has 0 bridgehead atoms. The van der Waals surface area contributed by atoms with Crippen LogP contribution < -0.4 is 10.6 Å². The summed E-state index contributed by atoms with van der Waals surface area (Å²) in [6, 6.07) is 18.5. The van der Waals surface area contributed by atoms with E-state index >= 15 is 0 Å². The van der Waals surface area contributed by atoms with Crippen molar-refractivity contribution in [1.82, 2.24) is 4.90 Å². The number of carbonyl (C=O) groups is 2. The van der Waals surface area contributed by atoms with Gasteiger partial charge in [0.25, 0.3) is 0 Å². The summed E-state index contributed by atoms with van der Waals surface area (Å²) in [7, 11) is 0. The van der Waals surface area contributed by atoms with E-state index < -0.39 is 17.7 Å². The Balaban J connectivity index is 1.65. The Bertz CT molecular complexity index is 1310. The molecule has 0 spiro atoms. The molecular weight excluding hydrogens is 508 g/mol.